The van der Waals surface area contributed by atoms with Crippen LogP contribution in [0.4, 0.5) is 0 Å². The zero-order valence-electron chi connectivity index (χ0n) is 7.18. The Hall–Kier alpha value is -0.300. The van der Waals surface area contributed by atoms with Crippen molar-refractivity contribution in [1.29, 1.82) is 0 Å². The standard InChI is InChI=1S/C8H8BrN3S2/c9-8-5(1-2-13-8)3-6(10)7-4-11-14-12-7/h1-2,4,6H,3,10H2. The Morgan fingerprint density at radius 3 is 3.00 bits per heavy atom. The van der Waals surface area contributed by atoms with Crippen molar-refractivity contribution in [3.63, 3.8) is 0 Å². The monoisotopic (exact) mass is 289 g/mol. The molecule has 2 heterocycles. The van der Waals surface area contributed by atoms with E-state index in [2.05, 4.69) is 30.7 Å². The highest BCUT2D eigenvalue weighted by atomic mass is 79.9. The van der Waals surface area contributed by atoms with E-state index in [-0.39, 0.29) is 6.04 Å². The summed E-state index contributed by atoms with van der Waals surface area (Å²) in [6.07, 6.45) is 2.53. The smallest absolute Gasteiger partial charge is 0.0913 e. The Balaban J connectivity index is 2.09. The number of nitrogens with zero attached hydrogens (tertiary/aromatic N) is 2. The summed E-state index contributed by atoms with van der Waals surface area (Å²) in [6, 6.07) is 2.02. The number of hydrogen-bond acceptors (Lipinski definition) is 5. The highest BCUT2D eigenvalue weighted by Crippen LogP contribution is 2.26. The third-order valence-corrected chi connectivity index (χ3v) is 4.19. The maximum Gasteiger partial charge on any atom is 0.0913 e. The first-order valence-electron chi connectivity index (χ1n) is 4.02. The third kappa shape index (κ3) is 2.20. The van der Waals surface area contributed by atoms with Gasteiger partial charge in [-0.1, -0.05) is 0 Å². The molecule has 14 heavy (non-hydrogen) atoms. The number of nitrogens with two attached hydrogens (primary N) is 1. The van der Waals surface area contributed by atoms with Gasteiger partial charge in [0.25, 0.3) is 0 Å². The molecule has 2 N–H and O–H groups in total. The Morgan fingerprint density at radius 2 is 2.43 bits per heavy atom. The number of aromatic nitrogens is 2. The molecule has 0 saturated carbocycles. The van der Waals surface area contributed by atoms with Gasteiger partial charge in [0.2, 0.25) is 0 Å². The Kier molecular flexibility index (Phi) is 3.27. The topological polar surface area (TPSA) is 51.8 Å². The van der Waals surface area contributed by atoms with Crippen LogP contribution in [0.3, 0.4) is 0 Å². The summed E-state index contributed by atoms with van der Waals surface area (Å²) < 4.78 is 9.21. The fourth-order valence-corrected chi connectivity index (χ4v) is 2.89. The van der Waals surface area contributed by atoms with E-state index in [9.17, 15) is 0 Å². The first-order valence-corrected chi connectivity index (χ1v) is 6.42. The van der Waals surface area contributed by atoms with Gasteiger partial charge in [-0.05, 0) is 39.4 Å². The summed E-state index contributed by atoms with van der Waals surface area (Å²) in [6.45, 7) is 0. The minimum Gasteiger partial charge on any atom is -0.322 e. The summed E-state index contributed by atoms with van der Waals surface area (Å²) in [4.78, 5) is 0. The molecule has 1 atom stereocenters. The molecule has 0 bridgehead atoms. The van der Waals surface area contributed by atoms with Crippen LogP contribution in [-0.4, -0.2) is 8.75 Å². The Bertz CT molecular complexity index is 398. The quantitative estimate of drug-likeness (QED) is 0.945. The summed E-state index contributed by atoms with van der Waals surface area (Å²) in [5.74, 6) is 0. The van der Waals surface area contributed by atoms with E-state index in [0.29, 0.717) is 0 Å². The van der Waals surface area contributed by atoms with Crippen LogP contribution in [0.1, 0.15) is 17.3 Å². The van der Waals surface area contributed by atoms with Crippen LogP contribution in [0.25, 0.3) is 0 Å². The lowest BCUT2D eigenvalue weighted by Crippen LogP contribution is -2.13. The Labute approximate surface area is 98.4 Å². The summed E-state index contributed by atoms with van der Waals surface area (Å²) >= 11 is 6.35. The van der Waals surface area contributed by atoms with Crippen molar-refractivity contribution in [2.45, 2.75) is 12.5 Å². The van der Waals surface area contributed by atoms with Gasteiger partial charge in [-0.3, -0.25) is 0 Å². The van der Waals surface area contributed by atoms with Crippen LogP contribution in [0.15, 0.2) is 21.4 Å². The molecule has 2 rings (SSSR count). The fraction of sp³-hybridized carbons (Fsp3) is 0.250. The zero-order chi connectivity index (χ0) is 9.97. The van der Waals surface area contributed by atoms with E-state index < -0.39 is 0 Å². The average molecular weight is 290 g/mol. The van der Waals surface area contributed by atoms with E-state index in [4.69, 9.17) is 5.73 Å². The number of halogens is 1. The van der Waals surface area contributed by atoms with E-state index >= 15 is 0 Å². The molecule has 0 aliphatic rings. The van der Waals surface area contributed by atoms with Crippen LogP contribution in [0.5, 0.6) is 0 Å². The second-order valence-corrected chi connectivity index (χ2v) is 5.65. The minimum atomic E-state index is -0.0559. The molecule has 0 radical (unpaired) electrons. The van der Waals surface area contributed by atoms with Crippen molar-refractivity contribution in [2.75, 3.05) is 0 Å². The maximum atomic E-state index is 5.99. The normalized spacial score (nSPS) is 13.0. The first kappa shape index (κ1) is 10.2. The molecule has 0 aliphatic heterocycles. The van der Waals surface area contributed by atoms with Crippen LogP contribution in [0.2, 0.25) is 0 Å². The molecule has 0 saturated heterocycles. The molecule has 0 aromatic carbocycles. The molecule has 2 aromatic rings. The van der Waals surface area contributed by atoms with E-state index in [0.717, 1.165) is 15.9 Å². The second-order valence-electron chi connectivity index (χ2n) is 2.86. The van der Waals surface area contributed by atoms with Gasteiger partial charge in [0.05, 0.1) is 33.4 Å². The van der Waals surface area contributed by atoms with Gasteiger partial charge in [0, 0.05) is 0 Å². The summed E-state index contributed by atoms with van der Waals surface area (Å²) in [7, 11) is 0. The van der Waals surface area contributed by atoms with Gasteiger partial charge >= 0.3 is 0 Å². The maximum absolute atomic E-state index is 5.99. The van der Waals surface area contributed by atoms with Crippen LogP contribution >= 0.6 is 39.0 Å². The van der Waals surface area contributed by atoms with Crippen LogP contribution < -0.4 is 5.73 Å². The van der Waals surface area contributed by atoms with E-state index in [1.165, 1.54) is 17.3 Å². The van der Waals surface area contributed by atoms with Crippen molar-refractivity contribution in [1.82, 2.24) is 8.75 Å². The highest BCUT2D eigenvalue weighted by Gasteiger charge is 2.12. The van der Waals surface area contributed by atoms with E-state index in [1.807, 2.05) is 5.38 Å². The zero-order valence-corrected chi connectivity index (χ0v) is 10.4. The van der Waals surface area contributed by atoms with Crippen molar-refractivity contribution in [2.24, 2.45) is 5.73 Å². The van der Waals surface area contributed by atoms with Gasteiger partial charge in [0.15, 0.2) is 0 Å². The molecule has 74 valence electrons. The van der Waals surface area contributed by atoms with Gasteiger partial charge in [-0.25, -0.2) is 0 Å². The second kappa shape index (κ2) is 4.48. The van der Waals surface area contributed by atoms with Crippen molar-refractivity contribution in [3.05, 3.63) is 32.7 Å². The molecule has 0 amide bonds. The van der Waals surface area contributed by atoms with Gasteiger partial charge in [-0.2, -0.15) is 8.75 Å². The lowest BCUT2D eigenvalue weighted by molar-refractivity contribution is 0.704. The molecular formula is C8H8BrN3S2. The molecule has 0 fully saturated rings. The van der Waals surface area contributed by atoms with Crippen molar-refractivity contribution < 1.29 is 0 Å². The van der Waals surface area contributed by atoms with Crippen LogP contribution in [-0.2, 0) is 6.42 Å². The highest BCUT2D eigenvalue weighted by molar-refractivity contribution is 9.11. The SMILES string of the molecule is NC(Cc1ccsc1Br)c1cnsn1. The lowest BCUT2D eigenvalue weighted by Gasteiger charge is -2.06. The van der Waals surface area contributed by atoms with Crippen molar-refractivity contribution in [3.8, 4) is 0 Å². The molecular weight excluding hydrogens is 282 g/mol. The molecule has 1 unspecified atom stereocenters. The van der Waals surface area contributed by atoms with Crippen LogP contribution in [0, 0.1) is 0 Å². The summed E-state index contributed by atoms with van der Waals surface area (Å²) in [5.41, 5.74) is 8.09. The van der Waals surface area contributed by atoms with E-state index in [1.54, 1.807) is 17.5 Å². The molecule has 3 nitrogen and oxygen atoms in total. The first-order chi connectivity index (χ1) is 6.77. The van der Waals surface area contributed by atoms with Gasteiger partial charge in [0.1, 0.15) is 0 Å². The van der Waals surface area contributed by atoms with Gasteiger partial charge < -0.3 is 5.73 Å². The third-order valence-electron chi connectivity index (χ3n) is 1.89. The largest absolute Gasteiger partial charge is 0.322 e. The molecule has 0 spiro atoms. The average Bonchev–Trinajstić information content (AvgIpc) is 2.77. The summed E-state index contributed by atoms with van der Waals surface area (Å²) in [5, 5.41) is 2.05. The predicted octanol–water partition coefficient (Wildman–Crippen LogP) is 2.60. The predicted molar refractivity (Wildman–Crippen MR) is 62.6 cm³/mol. The molecule has 2 aromatic heterocycles. The molecule has 0 aliphatic carbocycles. The fourth-order valence-electron chi connectivity index (χ4n) is 1.14. The Morgan fingerprint density at radius 1 is 1.57 bits per heavy atom. The number of thiophene rings is 1. The van der Waals surface area contributed by atoms with Crippen molar-refractivity contribution >= 4 is 39.0 Å². The minimum absolute atomic E-state index is 0.0559. The number of hydrogen-bond donors (Lipinski definition) is 1. The lowest BCUT2D eigenvalue weighted by atomic mass is 10.1. The number of rotatable bonds is 3. The molecule has 6 heteroatoms. The van der Waals surface area contributed by atoms with Gasteiger partial charge in [-0.15, -0.1) is 11.3 Å².